The zero-order valence-electron chi connectivity index (χ0n) is 14.4. The van der Waals surface area contributed by atoms with Crippen LogP contribution in [0.5, 0.6) is 5.88 Å². The molecule has 0 fully saturated rings. The summed E-state index contributed by atoms with van der Waals surface area (Å²) in [5.74, 6) is -1.42. The Morgan fingerprint density at radius 1 is 1.27 bits per heavy atom. The molecule has 1 aromatic carbocycles. The molecule has 0 spiro atoms. The number of carboxylic acids is 1. The van der Waals surface area contributed by atoms with Crippen LogP contribution in [0.15, 0.2) is 39.3 Å². The molecule has 8 heteroatoms. The van der Waals surface area contributed by atoms with Crippen LogP contribution in [0.3, 0.4) is 0 Å². The Kier molecular flexibility index (Phi) is 5.86. The van der Waals surface area contributed by atoms with Gasteiger partial charge in [-0.25, -0.2) is 4.79 Å². The number of azo groups is 1. The van der Waals surface area contributed by atoms with Gasteiger partial charge < -0.3 is 10.2 Å². The third-order valence-electron chi connectivity index (χ3n) is 3.88. The Morgan fingerprint density at radius 2 is 1.92 bits per heavy atom. The van der Waals surface area contributed by atoms with Crippen molar-refractivity contribution in [1.82, 2.24) is 4.57 Å². The predicted molar refractivity (Wildman–Crippen MR) is 94.3 cm³/mol. The van der Waals surface area contributed by atoms with Gasteiger partial charge in [0.05, 0.1) is 11.3 Å². The average molecular weight is 354 g/mol. The number of pyridine rings is 1. The fraction of sp³-hybridized carbons (Fsp3) is 0.278. The lowest BCUT2D eigenvalue weighted by Gasteiger charge is -2.12. The van der Waals surface area contributed by atoms with E-state index in [0.29, 0.717) is 12.1 Å². The first kappa shape index (κ1) is 18.9. The Balaban J connectivity index is 2.49. The molecule has 0 amide bonds. The van der Waals surface area contributed by atoms with E-state index in [1.165, 1.54) is 31.2 Å². The van der Waals surface area contributed by atoms with Crippen LogP contribution >= 0.6 is 0 Å². The summed E-state index contributed by atoms with van der Waals surface area (Å²) in [4.78, 5) is 23.5. The molecule has 0 aliphatic rings. The van der Waals surface area contributed by atoms with Gasteiger partial charge in [-0.1, -0.05) is 13.3 Å². The number of carbonyl (C=O) groups is 1. The molecule has 0 atom stereocenters. The third kappa shape index (κ3) is 3.78. The van der Waals surface area contributed by atoms with Crippen LogP contribution in [0, 0.1) is 18.3 Å². The summed E-state index contributed by atoms with van der Waals surface area (Å²) >= 11 is 0. The van der Waals surface area contributed by atoms with Gasteiger partial charge in [-0.05, 0) is 37.6 Å². The Hall–Kier alpha value is -3.47. The second kappa shape index (κ2) is 8.07. The van der Waals surface area contributed by atoms with E-state index < -0.39 is 11.5 Å². The summed E-state index contributed by atoms with van der Waals surface area (Å²) in [6.45, 7) is 3.74. The number of aromatic hydroxyl groups is 1. The van der Waals surface area contributed by atoms with Crippen LogP contribution in [-0.4, -0.2) is 20.7 Å². The zero-order chi connectivity index (χ0) is 19.3. The van der Waals surface area contributed by atoms with E-state index in [1.54, 1.807) is 0 Å². The molecule has 0 bridgehead atoms. The molecule has 1 heterocycles. The third-order valence-corrected chi connectivity index (χ3v) is 3.88. The van der Waals surface area contributed by atoms with E-state index in [-0.39, 0.29) is 34.8 Å². The van der Waals surface area contributed by atoms with Gasteiger partial charge in [0.1, 0.15) is 11.6 Å². The highest BCUT2D eigenvalue weighted by Gasteiger charge is 2.18. The van der Waals surface area contributed by atoms with Gasteiger partial charge in [0.25, 0.3) is 5.56 Å². The molecule has 8 nitrogen and oxygen atoms in total. The lowest BCUT2D eigenvalue weighted by molar-refractivity contribution is 0.0697. The maximum atomic E-state index is 12.6. The molecular formula is C18H18N4O4. The quantitative estimate of drug-likeness (QED) is 0.765. The normalized spacial score (nSPS) is 10.8. The Morgan fingerprint density at radius 3 is 2.46 bits per heavy atom. The number of unbranched alkanes of at least 4 members (excludes halogenated alkanes) is 1. The highest BCUT2D eigenvalue weighted by Crippen LogP contribution is 2.27. The van der Waals surface area contributed by atoms with E-state index >= 15 is 0 Å². The standard InChI is InChI=1S/C18H18N4O4/c1-3-4-9-22-16(23)14(10-19)11(2)15(17(22)24)21-20-13-7-5-12(6-8-13)18(25)26/h5-8,23H,3-4,9H2,1-2H3,(H,25,26). The monoisotopic (exact) mass is 354 g/mol. The second-order valence-corrected chi connectivity index (χ2v) is 5.65. The van der Waals surface area contributed by atoms with Crippen molar-refractivity contribution in [2.24, 2.45) is 10.2 Å². The predicted octanol–water partition coefficient (Wildman–Crippen LogP) is 3.65. The number of rotatable bonds is 6. The van der Waals surface area contributed by atoms with Crippen molar-refractivity contribution in [2.45, 2.75) is 33.2 Å². The molecule has 0 saturated carbocycles. The molecule has 0 radical (unpaired) electrons. The largest absolute Gasteiger partial charge is 0.493 e. The summed E-state index contributed by atoms with van der Waals surface area (Å²) in [5.41, 5.74) is 0.139. The summed E-state index contributed by atoms with van der Waals surface area (Å²) < 4.78 is 1.12. The van der Waals surface area contributed by atoms with E-state index in [2.05, 4.69) is 10.2 Å². The van der Waals surface area contributed by atoms with Crippen LogP contribution in [0.2, 0.25) is 0 Å². The second-order valence-electron chi connectivity index (χ2n) is 5.65. The molecule has 2 aromatic rings. The number of nitrogens with zero attached hydrogens (tertiary/aromatic N) is 4. The summed E-state index contributed by atoms with van der Waals surface area (Å²) in [6, 6.07) is 7.56. The SMILES string of the molecule is CCCCn1c(O)c(C#N)c(C)c(N=Nc2ccc(C(=O)O)cc2)c1=O. The smallest absolute Gasteiger partial charge is 0.335 e. The van der Waals surface area contributed by atoms with Crippen molar-refractivity contribution >= 4 is 17.3 Å². The lowest BCUT2D eigenvalue weighted by Crippen LogP contribution is -2.22. The Labute approximate surface area is 149 Å². The summed E-state index contributed by atoms with van der Waals surface area (Å²) in [7, 11) is 0. The highest BCUT2D eigenvalue weighted by atomic mass is 16.4. The van der Waals surface area contributed by atoms with Gasteiger partial charge in [0.2, 0.25) is 5.88 Å². The molecule has 2 N–H and O–H groups in total. The molecule has 0 unspecified atom stereocenters. The van der Waals surface area contributed by atoms with Crippen LogP contribution in [0.4, 0.5) is 11.4 Å². The first-order valence-corrected chi connectivity index (χ1v) is 8.02. The lowest BCUT2D eigenvalue weighted by atomic mass is 10.1. The van der Waals surface area contributed by atoms with E-state index in [9.17, 15) is 20.0 Å². The van der Waals surface area contributed by atoms with Gasteiger partial charge in [-0.3, -0.25) is 9.36 Å². The van der Waals surface area contributed by atoms with Crippen LogP contribution in [0.1, 0.15) is 41.3 Å². The minimum atomic E-state index is -1.06. The zero-order valence-corrected chi connectivity index (χ0v) is 14.4. The van der Waals surface area contributed by atoms with Crippen LogP contribution in [0.25, 0.3) is 0 Å². The van der Waals surface area contributed by atoms with Gasteiger partial charge in [0, 0.05) is 12.1 Å². The number of nitriles is 1. The molecular weight excluding hydrogens is 336 g/mol. The van der Waals surface area contributed by atoms with E-state index in [4.69, 9.17) is 5.11 Å². The molecule has 26 heavy (non-hydrogen) atoms. The maximum absolute atomic E-state index is 12.6. The van der Waals surface area contributed by atoms with E-state index in [0.717, 1.165) is 11.0 Å². The topological polar surface area (TPSA) is 128 Å². The molecule has 0 aliphatic carbocycles. The van der Waals surface area contributed by atoms with Crippen LogP contribution in [-0.2, 0) is 6.54 Å². The average Bonchev–Trinajstić information content (AvgIpc) is 2.62. The molecule has 0 saturated heterocycles. The summed E-state index contributed by atoms with van der Waals surface area (Å²) in [5, 5.41) is 36.3. The fourth-order valence-electron chi connectivity index (χ4n) is 2.36. The van der Waals surface area contributed by atoms with Crippen molar-refractivity contribution in [1.29, 1.82) is 5.26 Å². The molecule has 134 valence electrons. The van der Waals surface area contributed by atoms with Crippen molar-refractivity contribution in [3.8, 4) is 11.9 Å². The number of hydrogen-bond donors (Lipinski definition) is 2. The molecule has 2 rings (SSSR count). The number of carboxylic acid groups (broad SMARTS) is 1. The van der Waals surface area contributed by atoms with Gasteiger partial charge >= 0.3 is 5.97 Å². The number of hydrogen-bond acceptors (Lipinski definition) is 6. The van der Waals surface area contributed by atoms with Crippen molar-refractivity contribution in [3.63, 3.8) is 0 Å². The first-order valence-electron chi connectivity index (χ1n) is 8.02. The fourth-order valence-corrected chi connectivity index (χ4v) is 2.36. The van der Waals surface area contributed by atoms with Gasteiger partial charge in [-0.15, -0.1) is 5.11 Å². The molecule has 1 aromatic heterocycles. The van der Waals surface area contributed by atoms with E-state index in [1.807, 2.05) is 13.0 Å². The molecule has 0 aliphatic heterocycles. The summed E-state index contributed by atoms with van der Waals surface area (Å²) in [6.07, 6.45) is 1.48. The maximum Gasteiger partial charge on any atom is 0.335 e. The number of benzene rings is 1. The van der Waals surface area contributed by atoms with Crippen LogP contribution < -0.4 is 5.56 Å². The highest BCUT2D eigenvalue weighted by molar-refractivity contribution is 5.87. The Bertz CT molecular complexity index is 953. The van der Waals surface area contributed by atoms with Gasteiger partial charge in [0.15, 0.2) is 5.69 Å². The first-order chi connectivity index (χ1) is 12.4. The van der Waals surface area contributed by atoms with Crippen molar-refractivity contribution in [3.05, 3.63) is 51.3 Å². The van der Waals surface area contributed by atoms with Crippen molar-refractivity contribution < 1.29 is 15.0 Å². The number of aromatic carboxylic acids is 1. The minimum Gasteiger partial charge on any atom is -0.493 e. The minimum absolute atomic E-state index is 0.0177. The van der Waals surface area contributed by atoms with Crippen molar-refractivity contribution in [2.75, 3.05) is 0 Å². The number of aromatic nitrogens is 1. The van der Waals surface area contributed by atoms with Gasteiger partial charge in [-0.2, -0.15) is 10.4 Å².